The summed E-state index contributed by atoms with van der Waals surface area (Å²) < 4.78 is 0. The van der Waals surface area contributed by atoms with Gasteiger partial charge in [0.1, 0.15) is 0 Å². The highest BCUT2D eigenvalue weighted by molar-refractivity contribution is 8.00. The van der Waals surface area contributed by atoms with E-state index in [4.69, 9.17) is 0 Å². The van der Waals surface area contributed by atoms with Gasteiger partial charge >= 0.3 is 0 Å². The minimum Gasteiger partial charge on any atom is -0.325 e. The Morgan fingerprint density at radius 2 is 1.83 bits per heavy atom. The fourth-order valence-corrected chi connectivity index (χ4v) is 3.07. The number of rotatable bonds is 6. The van der Waals surface area contributed by atoms with Crippen molar-refractivity contribution in [2.75, 3.05) is 5.32 Å². The first-order valence-corrected chi connectivity index (χ1v) is 8.31. The fraction of sp³-hybridized carbons (Fsp3) is 0.312. The van der Waals surface area contributed by atoms with Crippen LogP contribution in [0.2, 0.25) is 0 Å². The number of amides is 1. The van der Waals surface area contributed by atoms with Crippen LogP contribution in [0, 0.1) is 24.0 Å². The smallest absolute Gasteiger partial charge is 0.269 e. The van der Waals surface area contributed by atoms with Crippen LogP contribution in [0.3, 0.4) is 0 Å². The lowest BCUT2D eigenvalue weighted by Gasteiger charge is -2.14. The quantitative estimate of drug-likeness (QED) is 0.372. The lowest BCUT2D eigenvalue weighted by molar-refractivity contribution is -0.384. The van der Waals surface area contributed by atoms with Crippen LogP contribution in [-0.2, 0) is 4.79 Å². The van der Waals surface area contributed by atoms with E-state index in [0.29, 0.717) is 17.3 Å². The van der Waals surface area contributed by atoms with Crippen molar-refractivity contribution in [2.45, 2.75) is 37.6 Å². The maximum Gasteiger partial charge on any atom is 0.269 e. The zero-order chi connectivity index (χ0) is 17.7. The van der Waals surface area contributed by atoms with Crippen molar-refractivity contribution in [3.8, 4) is 0 Å². The first-order chi connectivity index (χ1) is 11.4. The highest BCUT2D eigenvalue weighted by atomic mass is 32.2. The molecular weight excluding hydrogens is 328 g/mol. The molecule has 0 radical (unpaired) electrons. The molecule has 0 saturated heterocycles. The van der Waals surface area contributed by atoms with Crippen molar-refractivity contribution < 1.29 is 9.72 Å². The third-order valence-corrected chi connectivity index (χ3v) is 4.44. The summed E-state index contributed by atoms with van der Waals surface area (Å²) in [4.78, 5) is 31.3. The number of nitro groups is 1. The highest BCUT2D eigenvalue weighted by Crippen LogP contribution is 2.24. The van der Waals surface area contributed by atoms with Gasteiger partial charge in [0.25, 0.3) is 5.69 Å². The van der Waals surface area contributed by atoms with E-state index in [2.05, 4.69) is 15.3 Å². The normalized spacial score (nSPS) is 11.8. The molecule has 1 atom stereocenters. The van der Waals surface area contributed by atoms with Crippen molar-refractivity contribution in [3.05, 3.63) is 51.8 Å². The molecule has 1 N–H and O–H groups in total. The Balaban J connectivity index is 2.06. The predicted molar refractivity (Wildman–Crippen MR) is 93.2 cm³/mol. The van der Waals surface area contributed by atoms with E-state index < -0.39 is 4.92 Å². The molecule has 0 aliphatic rings. The van der Waals surface area contributed by atoms with E-state index in [1.54, 1.807) is 0 Å². The van der Waals surface area contributed by atoms with Crippen LogP contribution in [0.1, 0.15) is 24.7 Å². The number of carbonyl (C=O) groups excluding carboxylic acids is 1. The van der Waals surface area contributed by atoms with E-state index in [1.807, 2.05) is 26.8 Å². The van der Waals surface area contributed by atoms with Gasteiger partial charge in [0.2, 0.25) is 5.91 Å². The van der Waals surface area contributed by atoms with Crippen LogP contribution >= 0.6 is 11.8 Å². The van der Waals surface area contributed by atoms with Crippen molar-refractivity contribution in [3.63, 3.8) is 0 Å². The van der Waals surface area contributed by atoms with Crippen LogP contribution in [-0.4, -0.2) is 26.0 Å². The zero-order valence-electron chi connectivity index (χ0n) is 13.6. The highest BCUT2D eigenvalue weighted by Gasteiger charge is 2.20. The number of nitrogens with zero attached hydrogens (tertiary/aromatic N) is 3. The molecule has 0 spiro atoms. The maximum atomic E-state index is 12.4. The van der Waals surface area contributed by atoms with E-state index in [0.717, 1.165) is 11.4 Å². The van der Waals surface area contributed by atoms with Crippen LogP contribution < -0.4 is 5.32 Å². The van der Waals surface area contributed by atoms with E-state index in [9.17, 15) is 14.9 Å². The van der Waals surface area contributed by atoms with Crippen molar-refractivity contribution in [2.24, 2.45) is 0 Å². The molecule has 0 unspecified atom stereocenters. The van der Waals surface area contributed by atoms with Gasteiger partial charge < -0.3 is 5.32 Å². The molecule has 1 amide bonds. The van der Waals surface area contributed by atoms with Crippen molar-refractivity contribution in [1.29, 1.82) is 0 Å². The Bertz CT molecular complexity index is 729. The molecule has 8 heteroatoms. The van der Waals surface area contributed by atoms with Crippen molar-refractivity contribution in [1.82, 2.24) is 9.97 Å². The Labute approximate surface area is 144 Å². The first kappa shape index (κ1) is 17.9. The average Bonchev–Trinajstić information content (AvgIpc) is 2.52. The number of aromatic nitrogens is 2. The van der Waals surface area contributed by atoms with Gasteiger partial charge in [-0.2, -0.15) is 0 Å². The van der Waals surface area contributed by atoms with Crippen molar-refractivity contribution >= 4 is 29.0 Å². The molecule has 1 heterocycles. The summed E-state index contributed by atoms with van der Waals surface area (Å²) in [5.41, 5.74) is 2.22. The van der Waals surface area contributed by atoms with E-state index in [1.165, 1.54) is 36.0 Å². The zero-order valence-corrected chi connectivity index (χ0v) is 14.5. The molecule has 126 valence electrons. The number of nitrogens with one attached hydrogen (secondary N) is 1. The summed E-state index contributed by atoms with van der Waals surface area (Å²) >= 11 is 1.31. The third-order valence-electron chi connectivity index (χ3n) is 3.22. The fourth-order valence-electron chi connectivity index (χ4n) is 2.09. The topological polar surface area (TPSA) is 98.0 Å². The molecule has 0 aliphatic carbocycles. The molecule has 0 fully saturated rings. The van der Waals surface area contributed by atoms with E-state index in [-0.39, 0.29) is 16.8 Å². The maximum absolute atomic E-state index is 12.4. The van der Waals surface area contributed by atoms with Gasteiger partial charge in [-0.1, -0.05) is 18.7 Å². The van der Waals surface area contributed by atoms with Gasteiger partial charge in [0.05, 0.1) is 10.2 Å². The second-order valence-electron chi connectivity index (χ2n) is 5.24. The number of hydrogen-bond donors (Lipinski definition) is 1. The Hall–Kier alpha value is -2.48. The number of aryl methyl sites for hydroxylation is 2. The Morgan fingerprint density at radius 3 is 2.33 bits per heavy atom. The molecule has 24 heavy (non-hydrogen) atoms. The Morgan fingerprint density at radius 1 is 1.25 bits per heavy atom. The number of nitro benzene ring substituents is 1. The molecule has 0 bridgehead atoms. The van der Waals surface area contributed by atoms with Crippen LogP contribution in [0.5, 0.6) is 0 Å². The lowest BCUT2D eigenvalue weighted by atomic mass is 10.2. The van der Waals surface area contributed by atoms with Crippen LogP contribution in [0.15, 0.2) is 35.5 Å². The number of benzene rings is 1. The summed E-state index contributed by atoms with van der Waals surface area (Å²) in [5, 5.41) is 13.6. The summed E-state index contributed by atoms with van der Waals surface area (Å²) in [7, 11) is 0. The van der Waals surface area contributed by atoms with Gasteiger partial charge in [-0.25, -0.2) is 9.97 Å². The summed E-state index contributed by atoms with van der Waals surface area (Å²) in [5.74, 6) is -0.181. The largest absolute Gasteiger partial charge is 0.325 e. The molecule has 1 aromatic carbocycles. The number of thioether (sulfide) groups is 1. The van der Waals surface area contributed by atoms with Gasteiger partial charge in [-0.15, -0.1) is 0 Å². The van der Waals surface area contributed by atoms with Gasteiger partial charge in [0, 0.05) is 29.2 Å². The second kappa shape index (κ2) is 7.87. The molecule has 2 rings (SSSR count). The van der Waals surface area contributed by atoms with Crippen LogP contribution in [0.4, 0.5) is 11.4 Å². The van der Waals surface area contributed by atoms with Gasteiger partial charge in [-0.05, 0) is 38.5 Å². The SMILES string of the molecule is CC[C@@H](Sc1nc(C)cc(C)n1)C(=O)Nc1ccc([N+](=O)[O-])cc1. The molecule has 2 aromatic rings. The molecule has 1 aromatic heterocycles. The second-order valence-corrected chi connectivity index (χ2v) is 6.41. The standard InChI is InChI=1S/C16H18N4O3S/c1-4-14(24-16-17-10(2)9-11(3)18-16)15(21)19-12-5-7-13(8-6-12)20(22)23/h5-9,14H,4H2,1-3H3,(H,19,21)/t14-/m1/s1. The van der Waals surface area contributed by atoms with Crippen LogP contribution in [0.25, 0.3) is 0 Å². The number of anilines is 1. The van der Waals surface area contributed by atoms with Gasteiger partial charge in [-0.3, -0.25) is 14.9 Å². The Kier molecular flexibility index (Phi) is 5.86. The summed E-state index contributed by atoms with van der Waals surface area (Å²) in [6, 6.07) is 7.62. The summed E-state index contributed by atoms with van der Waals surface area (Å²) in [6.07, 6.45) is 0.611. The number of carbonyl (C=O) groups is 1. The monoisotopic (exact) mass is 346 g/mol. The molecule has 7 nitrogen and oxygen atoms in total. The number of non-ortho nitro benzene ring substituents is 1. The lowest BCUT2D eigenvalue weighted by Crippen LogP contribution is -2.24. The minimum absolute atomic E-state index is 0.0157. The first-order valence-electron chi connectivity index (χ1n) is 7.43. The minimum atomic E-state index is -0.478. The predicted octanol–water partition coefficient (Wildman–Crippen LogP) is 3.51. The third kappa shape index (κ3) is 4.76. The number of hydrogen-bond acceptors (Lipinski definition) is 6. The average molecular weight is 346 g/mol. The molecule has 0 saturated carbocycles. The van der Waals surface area contributed by atoms with Gasteiger partial charge in [0.15, 0.2) is 5.16 Å². The summed E-state index contributed by atoms with van der Waals surface area (Å²) in [6.45, 7) is 5.68. The molecule has 0 aliphatic heterocycles. The van der Waals surface area contributed by atoms with E-state index >= 15 is 0 Å². The molecular formula is C16H18N4O3S.